The van der Waals surface area contributed by atoms with Crippen molar-refractivity contribution in [1.82, 2.24) is 19.8 Å². The van der Waals surface area contributed by atoms with Crippen LogP contribution in [0.3, 0.4) is 0 Å². The zero-order chi connectivity index (χ0) is 23.1. The lowest BCUT2D eigenvalue weighted by Crippen LogP contribution is -2.40. The van der Waals surface area contributed by atoms with Gasteiger partial charge in [0.1, 0.15) is 0 Å². The van der Waals surface area contributed by atoms with Crippen molar-refractivity contribution in [3.8, 4) is 5.69 Å². The summed E-state index contributed by atoms with van der Waals surface area (Å²) in [6, 6.07) is 15.9. The van der Waals surface area contributed by atoms with Crippen molar-refractivity contribution < 1.29 is 0 Å². The van der Waals surface area contributed by atoms with Gasteiger partial charge >= 0.3 is 0 Å². The third-order valence-electron chi connectivity index (χ3n) is 7.50. The fourth-order valence-electron chi connectivity index (χ4n) is 5.87. The molecule has 2 atom stereocenters. The average Bonchev–Trinajstić information content (AvgIpc) is 3.32. The van der Waals surface area contributed by atoms with Crippen LogP contribution in [0.4, 0.5) is 0 Å². The summed E-state index contributed by atoms with van der Waals surface area (Å²) in [7, 11) is 0. The Morgan fingerprint density at radius 2 is 1.76 bits per heavy atom. The molecule has 1 saturated carbocycles. The van der Waals surface area contributed by atoms with Gasteiger partial charge in [0.2, 0.25) is 0 Å². The van der Waals surface area contributed by atoms with Crippen molar-refractivity contribution >= 4 is 17.3 Å². The van der Waals surface area contributed by atoms with Crippen LogP contribution in [0.15, 0.2) is 48.7 Å². The lowest BCUT2D eigenvalue weighted by Gasteiger charge is -2.37. The zero-order valence-corrected chi connectivity index (χ0v) is 21.0. The number of thiocarbonyl (C=S) groups is 1. The molecule has 0 bridgehead atoms. The summed E-state index contributed by atoms with van der Waals surface area (Å²) in [5.41, 5.74) is 8.80. The van der Waals surface area contributed by atoms with Crippen LogP contribution >= 0.6 is 12.2 Å². The number of hydrogen-bond donors (Lipinski definition) is 1. The Morgan fingerprint density at radius 1 is 0.970 bits per heavy atom. The molecule has 172 valence electrons. The molecular weight excluding hydrogens is 424 g/mol. The van der Waals surface area contributed by atoms with Crippen LogP contribution in [0.5, 0.6) is 0 Å². The van der Waals surface area contributed by atoms with Crippen LogP contribution in [-0.2, 0) is 0 Å². The fourth-order valence-corrected chi connectivity index (χ4v) is 6.26. The Kier molecular flexibility index (Phi) is 6.00. The lowest BCUT2D eigenvalue weighted by molar-refractivity contribution is 0.197. The summed E-state index contributed by atoms with van der Waals surface area (Å²) in [5.74, 6) is 0. The second-order valence-electron chi connectivity index (χ2n) is 9.78. The number of nitrogens with one attached hydrogen (secondary N) is 1. The molecule has 2 fully saturated rings. The second kappa shape index (κ2) is 8.94. The normalized spacial score (nSPS) is 21.5. The molecule has 5 heteroatoms. The molecular formula is C28H34N4S. The highest BCUT2D eigenvalue weighted by molar-refractivity contribution is 7.80. The average molecular weight is 459 g/mol. The molecule has 1 saturated heterocycles. The third kappa shape index (κ3) is 3.97. The first-order valence-electron chi connectivity index (χ1n) is 12.2. The number of benzene rings is 1. The van der Waals surface area contributed by atoms with Gasteiger partial charge in [-0.2, -0.15) is 0 Å². The highest BCUT2D eigenvalue weighted by Crippen LogP contribution is 2.44. The Hall–Kier alpha value is -2.66. The van der Waals surface area contributed by atoms with Gasteiger partial charge in [0.05, 0.1) is 17.8 Å². The molecule has 5 rings (SSSR count). The minimum absolute atomic E-state index is 0.0492. The van der Waals surface area contributed by atoms with Crippen LogP contribution in [0.25, 0.3) is 5.69 Å². The predicted molar refractivity (Wildman–Crippen MR) is 139 cm³/mol. The molecule has 2 aliphatic rings. The first-order valence-corrected chi connectivity index (χ1v) is 12.6. The number of aromatic nitrogens is 2. The Bertz CT molecular complexity index is 1160. The molecule has 0 amide bonds. The van der Waals surface area contributed by atoms with Crippen LogP contribution in [0.1, 0.15) is 78.0 Å². The van der Waals surface area contributed by atoms with Crippen molar-refractivity contribution in [3.05, 3.63) is 82.4 Å². The van der Waals surface area contributed by atoms with E-state index in [1.807, 2.05) is 12.3 Å². The maximum Gasteiger partial charge on any atom is 0.170 e. The third-order valence-corrected chi connectivity index (χ3v) is 7.83. The van der Waals surface area contributed by atoms with Crippen LogP contribution in [-0.4, -0.2) is 25.6 Å². The van der Waals surface area contributed by atoms with Gasteiger partial charge < -0.3 is 14.8 Å². The molecule has 3 aromatic rings. The van der Waals surface area contributed by atoms with Gasteiger partial charge in [0, 0.05) is 29.3 Å². The van der Waals surface area contributed by atoms with Gasteiger partial charge in [-0.1, -0.05) is 37.5 Å². The van der Waals surface area contributed by atoms with Crippen LogP contribution in [0, 0.1) is 27.7 Å². The van der Waals surface area contributed by atoms with Gasteiger partial charge in [-0.25, -0.2) is 0 Å². The molecule has 33 heavy (non-hydrogen) atoms. The maximum absolute atomic E-state index is 5.97. The van der Waals surface area contributed by atoms with Gasteiger partial charge in [0.25, 0.3) is 0 Å². The smallest absolute Gasteiger partial charge is 0.170 e. The highest BCUT2D eigenvalue weighted by atomic mass is 32.1. The molecule has 0 unspecified atom stereocenters. The van der Waals surface area contributed by atoms with Crippen molar-refractivity contribution in [2.75, 3.05) is 0 Å². The van der Waals surface area contributed by atoms with E-state index in [0.717, 1.165) is 10.8 Å². The SMILES string of the molecule is Cc1ccc(C)c(-n2c(C)cc([C@H]3[C@@H](c4ccccn4)NC(=S)N3C3CCCCC3)c2C)c1. The first-order chi connectivity index (χ1) is 16.0. The minimum atomic E-state index is 0.0492. The summed E-state index contributed by atoms with van der Waals surface area (Å²) in [5, 5.41) is 4.54. The zero-order valence-electron chi connectivity index (χ0n) is 20.1. The Labute approximate surface area is 203 Å². The summed E-state index contributed by atoms with van der Waals surface area (Å²) >= 11 is 5.97. The van der Waals surface area contributed by atoms with E-state index < -0.39 is 0 Å². The van der Waals surface area contributed by atoms with Crippen LogP contribution < -0.4 is 5.32 Å². The Balaban J connectivity index is 1.65. The van der Waals surface area contributed by atoms with Crippen LogP contribution in [0.2, 0.25) is 0 Å². The minimum Gasteiger partial charge on any atom is -0.352 e. The van der Waals surface area contributed by atoms with E-state index in [1.165, 1.54) is 65.9 Å². The monoisotopic (exact) mass is 458 g/mol. The predicted octanol–water partition coefficient (Wildman–Crippen LogP) is 6.41. The van der Waals surface area contributed by atoms with E-state index in [1.54, 1.807) is 0 Å². The lowest BCUT2D eigenvalue weighted by atomic mass is 9.90. The standard InChI is InChI=1S/C28H34N4S/c1-18-13-14-19(2)25(16-18)31-20(3)17-23(21(31)4)27-26(24-12-8-9-15-29-24)30-28(33)32(27)22-10-6-5-7-11-22/h8-9,12-17,22,26-27H,5-7,10-11H2,1-4H3,(H,30,33)/t26-,27+/m1/s1. The van der Waals surface area contributed by atoms with E-state index in [2.05, 4.69) is 78.9 Å². The van der Waals surface area contributed by atoms with Gasteiger partial charge in [-0.3, -0.25) is 4.98 Å². The fraction of sp³-hybridized carbons (Fsp3) is 0.429. The van der Waals surface area contributed by atoms with Gasteiger partial charge in [-0.05, 0) is 93.7 Å². The van der Waals surface area contributed by atoms with Crippen molar-refractivity contribution in [3.63, 3.8) is 0 Å². The van der Waals surface area contributed by atoms with E-state index >= 15 is 0 Å². The topological polar surface area (TPSA) is 33.1 Å². The quantitative estimate of drug-likeness (QED) is 0.458. The van der Waals surface area contributed by atoms with Gasteiger partial charge in [-0.15, -0.1) is 0 Å². The first kappa shape index (κ1) is 22.1. The molecule has 1 N–H and O–H groups in total. The summed E-state index contributed by atoms with van der Waals surface area (Å²) in [6.45, 7) is 8.85. The van der Waals surface area contributed by atoms with E-state index in [9.17, 15) is 0 Å². The molecule has 4 nitrogen and oxygen atoms in total. The molecule has 1 aliphatic heterocycles. The second-order valence-corrected chi connectivity index (χ2v) is 10.2. The number of aryl methyl sites for hydroxylation is 3. The van der Waals surface area contributed by atoms with E-state index in [4.69, 9.17) is 17.2 Å². The summed E-state index contributed by atoms with van der Waals surface area (Å²) in [4.78, 5) is 7.25. The number of nitrogens with zero attached hydrogens (tertiary/aromatic N) is 3. The van der Waals surface area contributed by atoms with Gasteiger partial charge in [0.15, 0.2) is 5.11 Å². The number of hydrogen-bond acceptors (Lipinski definition) is 2. The molecule has 1 aliphatic carbocycles. The van der Waals surface area contributed by atoms with E-state index in [0.29, 0.717) is 6.04 Å². The van der Waals surface area contributed by atoms with Crippen molar-refractivity contribution in [2.24, 2.45) is 0 Å². The molecule has 0 radical (unpaired) electrons. The molecule has 2 aromatic heterocycles. The molecule has 0 spiro atoms. The largest absolute Gasteiger partial charge is 0.352 e. The van der Waals surface area contributed by atoms with E-state index in [-0.39, 0.29) is 12.1 Å². The van der Waals surface area contributed by atoms with Crippen molar-refractivity contribution in [1.29, 1.82) is 0 Å². The summed E-state index contributed by atoms with van der Waals surface area (Å²) in [6.07, 6.45) is 8.21. The van der Waals surface area contributed by atoms with Crippen molar-refractivity contribution in [2.45, 2.75) is 77.9 Å². The highest BCUT2D eigenvalue weighted by Gasteiger charge is 2.44. The number of pyridine rings is 1. The molecule has 1 aromatic carbocycles. The maximum atomic E-state index is 5.97. The molecule has 3 heterocycles. The summed E-state index contributed by atoms with van der Waals surface area (Å²) < 4.78 is 2.42. The number of rotatable bonds is 4. The Morgan fingerprint density at radius 3 is 2.48 bits per heavy atom.